The minimum absolute atomic E-state index is 0.0432. The minimum atomic E-state index is -3.82. The molecule has 0 unspecified atom stereocenters. The van der Waals surface area contributed by atoms with Crippen LogP contribution in [0.5, 0.6) is 0 Å². The maximum atomic E-state index is 12.4. The van der Waals surface area contributed by atoms with E-state index in [0.29, 0.717) is 6.42 Å². The van der Waals surface area contributed by atoms with Gasteiger partial charge < -0.3 is 9.64 Å². The molecule has 0 bridgehead atoms. The van der Waals surface area contributed by atoms with Crippen molar-refractivity contribution in [3.05, 3.63) is 47.8 Å². The SMILES string of the molecule is Cc1ccc(S(=O)(=O)OCCCN(Cc2ccn[nH]2)C(=O)OC(C)(C)C)cc1. The van der Waals surface area contributed by atoms with Gasteiger partial charge in [0.1, 0.15) is 5.60 Å². The Morgan fingerprint density at radius 3 is 2.43 bits per heavy atom. The first-order chi connectivity index (χ1) is 13.1. The Labute approximate surface area is 166 Å². The summed E-state index contributed by atoms with van der Waals surface area (Å²) in [6.45, 7) is 7.75. The third-order valence-electron chi connectivity index (χ3n) is 3.69. The molecule has 0 radical (unpaired) electrons. The molecule has 0 aliphatic carbocycles. The van der Waals surface area contributed by atoms with Gasteiger partial charge in [-0.25, -0.2) is 4.79 Å². The van der Waals surface area contributed by atoms with Crippen molar-refractivity contribution in [1.29, 1.82) is 0 Å². The molecule has 0 saturated heterocycles. The Kier molecular flexibility index (Phi) is 7.20. The first-order valence-corrected chi connectivity index (χ1v) is 10.4. The number of nitrogens with zero attached hydrogens (tertiary/aromatic N) is 2. The predicted molar refractivity (Wildman–Crippen MR) is 104 cm³/mol. The predicted octanol–water partition coefficient (Wildman–Crippen LogP) is 3.25. The molecule has 28 heavy (non-hydrogen) atoms. The highest BCUT2D eigenvalue weighted by atomic mass is 32.2. The van der Waals surface area contributed by atoms with E-state index in [1.807, 2.05) is 6.92 Å². The van der Waals surface area contributed by atoms with Crippen molar-refractivity contribution in [2.24, 2.45) is 0 Å². The number of carbonyl (C=O) groups is 1. The van der Waals surface area contributed by atoms with Gasteiger partial charge in [0.25, 0.3) is 10.1 Å². The van der Waals surface area contributed by atoms with E-state index in [4.69, 9.17) is 8.92 Å². The normalized spacial score (nSPS) is 12.0. The zero-order valence-electron chi connectivity index (χ0n) is 16.6. The number of aromatic nitrogens is 2. The summed E-state index contributed by atoms with van der Waals surface area (Å²) in [5.41, 5.74) is 1.08. The Bertz CT molecular complexity index is 856. The van der Waals surface area contributed by atoms with Gasteiger partial charge in [-0.15, -0.1) is 0 Å². The van der Waals surface area contributed by atoms with Gasteiger partial charge in [0.15, 0.2) is 0 Å². The monoisotopic (exact) mass is 409 g/mol. The zero-order valence-corrected chi connectivity index (χ0v) is 17.5. The summed E-state index contributed by atoms with van der Waals surface area (Å²) in [5.74, 6) is 0. The summed E-state index contributed by atoms with van der Waals surface area (Å²) in [6.07, 6.45) is 1.45. The van der Waals surface area contributed by atoms with Crippen molar-refractivity contribution in [3.63, 3.8) is 0 Å². The first kappa shape index (κ1) is 21.9. The molecule has 8 nitrogen and oxygen atoms in total. The Morgan fingerprint density at radius 2 is 1.86 bits per heavy atom. The van der Waals surface area contributed by atoms with Crippen LogP contribution in [0, 0.1) is 6.92 Å². The van der Waals surface area contributed by atoms with Gasteiger partial charge in [-0.3, -0.25) is 9.28 Å². The third kappa shape index (κ3) is 6.97. The molecule has 0 fully saturated rings. The summed E-state index contributed by atoms with van der Waals surface area (Å²) in [7, 11) is -3.82. The Hall–Kier alpha value is -2.39. The van der Waals surface area contributed by atoms with Crippen LogP contribution in [0.15, 0.2) is 41.4 Å². The summed E-state index contributed by atoms with van der Waals surface area (Å²) in [6, 6.07) is 8.21. The van der Waals surface area contributed by atoms with Crippen molar-refractivity contribution in [3.8, 4) is 0 Å². The lowest BCUT2D eigenvalue weighted by atomic mass is 10.2. The lowest BCUT2D eigenvalue weighted by Gasteiger charge is -2.27. The van der Waals surface area contributed by atoms with E-state index >= 15 is 0 Å². The number of hydrogen-bond donors (Lipinski definition) is 1. The van der Waals surface area contributed by atoms with Gasteiger partial charge in [0.05, 0.1) is 23.7 Å². The van der Waals surface area contributed by atoms with Gasteiger partial charge in [-0.1, -0.05) is 17.7 Å². The highest BCUT2D eigenvalue weighted by Crippen LogP contribution is 2.15. The van der Waals surface area contributed by atoms with E-state index in [1.165, 1.54) is 17.0 Å². The highest BCUT2D eigenvalue weighted by molar-refractivity contribution is 7.86. The van der Waals surface area contributed by atoms with Crippen molar-refractivity contribution < 1.29 is 22.1 Å². The van der Waals surface area contributed by atoms with E-state index in [2.05, 4.69) is 10.2 Å². The fourth-order valence-corrected chi connectivity index (χ4v) is 3.28. The maximum absolute atomic E-state index is 12.4. The van der Waals surface area contributed by atoms with E-state index in [-0.39, 0.29) is 24.6 Å². The number of benzene rings is 1. The van der Waals surface area contributed by atoms with E-state index in [9.17, 15) is 13.2 Å². The molecule has 1 aromatic carbocycles. The number of amides is 1. The maximum Gasteiger partial charge on any atom is 0.410 e. The molecule has 0 aliphatic heterocycles. The van der Waals surface area contributed by atoms with Gasteiger partial charge in [0, 0.05) is 12.7 Å². The summed E-state index contributed by atoms with van der Waals surface area (Å²) < 4.78 is 35.0. The van der Waals surface area contributed by atoms with Crippen LogP contribution < -0.4 is 0 Å². The second-order valence-electron chi connectivity index (χ2n) is 7.43. The minimum Gasteiger partial charge on any atom is -0.444 e. The lowest BCUT2D eigenvalue weighted by molar-refractivity contribution is 0.0223. The fraction of sp³-hybridized carbons (Fsp3) is 0.474. The molecule has 1 N–H and O–H groups in total. The van der Waals surface area contributed by atoms with E-state index < -0.39 is 21.8 Å². The lowest BCUT2D eigenvalue weighted by Crippen LogP contribution is -2.37. The number of hydrogen-bond acceptors (Lipinski definition) is 6. The second-order valence-corrected chi connectivity index (χ2v) is 9.04. The van der Waals surface area contributed by atoms with Crippen LogP contribution in [0.25, 0.3) is 0 Å². The van der Waals surface area contributed by atoms with Gasteiger partial charge in [-0.05, 0) is 52.3 Å². The van der Waals surface area contributed by atoms with Crippen LogP contribution in [0.2, 0.25) is 0 Å². The van der Waals surface area contributed by atoms with E-state index in [1.54, 1.807) is 45.2 Å². The van der Waals surface area contributed by atoms with E-state index in [0.717, 1.165) is 11.3 Å². The van der Waals surface area contributed by atoms with Gasteiger partial charge >= 0.3 is 6.09 Å². The van der Waals surface area contributed by atoms with Crippen LogP contribution in [0.3, 0.4) is 0 Å². The van der Waals surface area contributed by atoms with Crippen molar-refractivity contribution >= 4 is 16.2 Å². The number of nitrogens with one attached hydrogen (secondary N) is 1. The molecule has 0 aliphatic rings. The topological polar surface area (TPSA) is 102 Å². The molecule has 1 aromatic heterocycles. The van der Waals surface area contributed by atoms with Crippen LogP contribution in [0.1, 0.15) is 38.4 Å². The number of rotatable bonds is 8. The smallest absolute Gasteiger partial charge is 0.410 e. The van der Waals surface area contributed by atoms with Crippen molar-refractivity contribution in [2.75, 3.05) is 13.2 Å². The average Bonchev–Trinajstić information content (AvgIpc) is 3.09. The Balaban J connectivity index is 1.93. The Morgan fingerprint density at radius 1 is 1.18 bits per heavy atom. The molecule has 1 amide bonds. The standard InChI is InChI=1S/C19H27N3O5S/c1-15-6-8-17(9-7-15)28(24,25)26-13-5-12-22(14-16-10-11-20-21-16)18(23)27-19(2,3)4/h6-11H,5,12-14H2,1-4H3,(H,20,21). The molecular weight excluding hydrogens is 382 g/mol. The van der Waals surface area contributed by atoms with Crippen LogP contribution in [-0.4, -0.2) is 48.4 Å². The first-order valence-electron chi connectivity index (χ1n) is 8.99. The summed E-state index contributed by atoms with van der Waals surface area (Å²) in [5, 5.41) is 6.67. The van der Waals surface area contributed by atoms with Crippen LogP contribution >= 0.6 is 0 Å². The summed E-state index contributed by atoms with van der Waals surface area (Å²) >= 11 is 0. The molecule has 9 heteroatoms. The molecule has 0 saturated carbocycles. The average molecular weight is 410 g/mol. The molecular formula is C19H27N3O5S. The van der Waals surface area contributed by atoms with Crippen molar-refractivity contribution in [1.82, 2.24) is 15.1 Å². The molecule has 0 spiro atoms. The number of H-pyrrole nitrogens is 1. The number of aromatic amines is 1. The van der Waals surface area contributed by atoms with Crippen molar-refractivity contribution in [2.45, 2.75) is 51.2 Å². The molecule has 154 valence electrons. The van der Waals surface area contributed by atoms with Gasteiger partial charge in [0.2, 0.25) is 0 Å². The number of aryl methyl sites for hydroxylation is 1. The number of carbonyl (C=O) groups excluding carboxylic acids is 1. The summed E-state index contributed by atoms with van der Waals surface area (Å²) in [4.78, 5) is 14.0. The molecule has 0 atom stereocenters. The molecule has 2 aromatic rings. The van der Waals surface area contributed by atoms with Crippen LogP contribution in [0.4, 0.5) is 4.79 Å². The largest absolute Gasteiger partial charge is 0.444 e. The molecule has 2 rings (SSSR count). The fourth-order valence-electron chi connectivity index (χ4n) is 2.34. The quantitative estimate of drug-likeness (QED) is 0.530. The highest BCUT2D eigenvalue weighted by Gasteiger charge is 2.23. The third-order valence-corrected chi connectivity index (χ3v) is 5.02. The van der Waals surface area contributed by atoms with Gasteiger partial charge in [-0.2, -0.15) is 13.5 Å². The second kappa shape index (κ2) is 9.20. The zero-order chi connectivity index (χ0) is 20.8. The molecule has 1 heterocycles. The van der Waals surface area contributed by atoms with Crippen LogP contribution in [-0.2, 0) is 25.6 Å². The number of ether oxygens (including phenoxy) is 1.